The summed E-state index contributed by atoms with van der Waals surface area (Å²) in [6.45, 7) is 13.6. The average Bonchev–Trinajstić information content (AvgIpc) is 3.60. The van der Waals surface area contributed by atoms with Gasteiger partial charge in [-0.2, -0.15) is 0 Å². The van der Waals surface area contributed by atoms with Crippen molar-refractivity contribution in [3.8, 4) is 0 Å². The molecule has 4 aliphatic rings. The SMILES string of the molecule is CC(C)CCC[C@@H](C)C1CC[C@H]2[C@@H]3CC=C4C[C@@H](OCCC(P(c5ccccc5)c5ccccc5)P(c5ccccc5)c5ccccc5)CC[C@]4(C)[C@H]3CC[C@]12C. The van der Waals surface area contributed by atoms with Gasteiger partial charge in [-0.3, -0.25) is 0 Å². The molecule has 0 aliphatic heterocycles. The Hall–Kier alpha value is -2.56. The Labute approximate surface area is 349 Å². The Bertz CT molecular complexity index is 1710. The van der Waals surface area contributed by atoms with Crippen LogP contribution in [0.3, 0.4) is 0 Å². The lowest BCUT2D eigenvalue weighted by Gasteiger charge is -2.58. The van der Waals surface area contributed by atoms with Crippen molar-refractivity contribution < 1.29 is 4.74 Å². The van der Waals surface area contributed by atoms with Gasteiger partial charge in [0.1, 0.15) is 0 Å². The molecule has 0 bridgehead atoms. The molecule has 0 radical (unpaired) electrons. The molecule has 3 heteroatoms. The van der Waals surface area contributed by atoms with E-state index in [0.29, 0.717) is 22.3 Å². The molecule has 4 aromatic rings. The maximum absolute atomic E-state index is 7.14. The number of allylic oxidation sites excluding steroid dienone is 1. The van der Waals surface area contributed by atoms with E-state index in [9.17, 15) is 0 Å². The van der Waals surface area contributed by atoms with Gasteiger partial charge < -0.3 is 4.74 Å². The predicted octanol–water partition coefficient (Wildman–Crippen LogP) is 13.4. The zero-order valence-electron chi connectivity index (χ0n) is 35.7. The summed E-state index contributed by atoms with van der Waals surface area (Å²) in [7, 11) is -1.29. The van der Waals surface area contributed by atoms with Crippen molar-refractivity contribution in [3.63, 3.8) is 0 Å². The fourth-order valence-electron chi connectivity index (χ4n) is 12.8. The van der Waals surface area contributed by atoms with Crippen molar-refractivity contribution in [3.05, 3.63) is 133 Å². The van der Waals surface area contributed by atoms with E-state index in [1.54, 1.807) is 5.57 Å². The Morgan fingerprint density at radius 3 is 1.68 bits per heavy atom. The molecule has 0 N–H and O–H groups in total. The van der Waals surface area contributed by atoms with Crippen LogP contribution in [0.15, 0.2) is 133 Å². The van der Waals surface area contributed by atoms with E-state index >= 15 is 0 Å². The molecule has 4 aliphatic carbocycles. The zero-order valence-corrected chi connectivity index (χ0v) is 37.5. The van der Waals surface area contributed by atoms with Gasteiger partial charge >= 0.3 is 0 Å². The van der Waals surface area contributed by atoms with Gasteiger partial charge in [-0.05, 0) is 141 Å². The van der Waals surface area contributed by atoms with Gasteiger partial charge in [-0.15, -0.1) is 0 Å². The molecule has 8 rings (SSSR count). The number of hydrogen-bond acceptors (Lipinski definition) is 1. The molecule has 0 heterocycles. The fraction of sp³-hybridized carbons (Fsp3) is 0.519. The summed E-state index contributed by atoms with van der Waals surface area (Å²) in [6.07, 6.45) is 19.2. The predicted molar refractivity (Wildman–Crippen MR) is 249 cm³/mol. The Balaban J connectivity index is 0.999. The lowest BCUT2D eigenvalue weighted by atomic mass is 9.47. The third-order valence-corrected chi connectivity index (χ3v) is 22.2. The fourth-order valence-corrected chi connectivity index (χ4v) is 20.0. The molecule has 1 nitrogen and oxygen atoms in total. The van der Waals surface area contributed by atoms with Crippen LogP contribution in [0.25, 0.3) is 0 Å². The highest BCUT2D eigenvalue weighted by molar-refractivity contribution is 7.89. The van der Waals surface area contributed by atoms with E-state index in [1.807, 2.05) is 0 Å². The highest BCUT2D eigenvalue weighted by Crippen LogP contribution is 2.67. The molecule has 4 aromatic carbocycles. The van der Waals surface area contributed by atoms with E-state index in [2.05, 4.69) is 162 Å². The van der Waals surface area contributed by atoms with E-state index in [4.69, 9.17) is 4.74 Å². The molecule has 0 aromatic heterocycles. The Morgan fingerprint density at radius 1 is 0.614 bits per heavy atom. The van der Waals surface area contributed by atoms with Crippen LogP contribution in [0.1, 0.15) is 112 Å². The van der Waals surface area contributed by atoms with Crippen LogP contribution >= 0.6 is 15.8 Å². The van der Waals surface area contributed by atoms with Gasteiger partial charge in [0.15, 0.2) is 0 Å². The first kappa shape index (κ1) is 41.2. The van der Waals surface area contributed by atoms with E-state index in [-0.39, 0.29) is 0 Å². The minimum absolute atomic E-state index is 0.331. The van der Waals surface area contributed by atoms with Crippen molar-refractivity contribution in [1.82, 2.24) is 0 Å². The molecule has 302 valence electrons. The van der Waals surface area contributed by atoms with Crippen LogP contribution in [-0.4, -0.2) is 18.1 Å². The van der Waals surface area contributed by atoms with E-state index in [0.717, 1.165) is 55.0 Å². The van der Waals surface area contributed by atoms with Crippen LogP contribution < -0.4 is 21.2 Å². The van der Waals surface area contributed by atoms with E-state index in [1.165, 1.54) is 85.4 Å². The average molecular weight is 797 g/mol. The van der Waals surface area contributed by atoms with Crippen molar-refractivity contribution in [1.29, 1.82) is 0 Å². The van der Waals surface area contributed by atoms with Gasteiger partial charge in [0.25, 0.3) is 0 Å². The molecular formula is C54H70OP2. The third kappa shape index (κ3) is 8.71. The van der Waals surface area contributed by atoms with Gasteiger partial charge in [-0.1, -0.05) is 187 Å². The summed E-state index contributed by atoms with van der Waals surface area (Å²) in [4.78, 5) is 0. The van der Waals surface area contributed by atoms with Crippen LogP contribution in [0, 0.1) is 46.3 Å². The normalized spacial score (nSPS) is 28.9. The largest absolute Gasteiger partial charge is 0.378 e. The van der Waals surface area contributed by atoms with Crippen LogP contribution in [0.4, 0.5) is 0 Å². The van der Waals surface area contributed by atoms with Gasteiger partial charge in [0, 0.05) is 12.0 Å². The van der Waals surface area contributed by atoms with Crippen molar-refractivity contribution in [2.75, 3.05) is 6.61 Å². The van der Waals surface area contributed by atoms with Crippen LogP contribution in [0.2, 0.25) is 0 Å². The summed E-state index contributed by atoms with van der Waals surface area (Å²) in [5.74, 6) is 5.30. The summed E-state index contributed by atoms with van der Waals surface area (Å²) in [6, 6.07) is 45.7. The molecule has 3 fully saturated rings. The molecule has 0 saturated heterocycles. The maximum atomic E-state index is 7.14. The van der Waals surface area contributed by atoms with Gasteiger partial charge in [-0.25, -0.2) is 0 Å². The van der Waals surface area contributed by atoms with Crippen LogP contribution in [0.5, 0.6) is 0 Å². The minimum atomic E-state index is -0.645. The van der Waals surface area contributed by atoms with E-state index < -0.39 is 15.8 Å². The smallest absolute Gasteiger partial charge is 0.0612 e. The highest BCUT2D eigenvalue weighted by atomic mass is 31.2. The topological polar surface area (TPSA) is 9.23 Å². The first-order valence-electron chi connectivity index (χ1n) is 22.9. The summed E-state index contributed by atoms with van der Waals surface area (Å²) in [5.41, 5.74) is 2.66. The number of rotatable bonds is 15. The number of benzene rings is 4. The van der Waals surface area contributed by atoms with Crippen molar-refractivity contribution >= 4 is 37.1 Å². The van der Waals surface area contributed by atoms with Crippen molar-refractivity contribution in [2.24, 2.45) is 46.3 Å². The second kappa shape index (κ2) is 18.4. The lowest BCUT2D eigenvalue weighted by molar-refractivity contribution is -0.0639. The second-order valence-corrected chi connectivity index (χ2v) is 24.6. The second-order valence-electron chi connectivity index (χ2n) is 19.4. The van der Waals surface area contributed by atoms with Gasteiger partial charge in [0.05, 0.1) is 6.10 Å². The lowest BCUT2D eigenvalue weighted by Crippen LogP contribution is -2.51. The monoisotopic (exact) mass is 796 g/mol. The number of fused-ring (bicyclic) bond motifs is 5. The molecule has 1 unspecified atom stereocenters. The summed E-state index contributed by atoms with van der Waals surface area (Å²) in [5, 5.41) is 6.32. The molecule has 3 saturated carbocycles. The Morgan fingerprint density at radius 2 is 1.16 bits per heavy atom. The number of hydrogen-bond donors (Lipinski definition) is 0. The zero-order chi connectivity index (χ0) is 39.4. The summed E-state index contributed by atoms with van der Waals surface area (Å²) < 4.78 is 7.14. The molecule has 0 spiro atoms. The molecule has 0 amide bonds. The molecule has 57 heavy (non-hydrogen) atoms. The standard InChI is InChI=1S/C54H70OP2/c1-40(2)19-18-20-41(3)49-31-32-50-48-30-29-42-39-43(33-36-53(42,4)51(48)34-37-54(49,50)5)55-38-35-52(56(44-21-10-6-11-22-44)45-23-12-7-13-24-45)57(46-25-14-8-15-26-46)47-27-16-9-17-28-47/h6-17,21-29,40-41,43,48-52H,18-20,30-39H2,1-5H3/t41-,43+,48+,49?,50+,51+,53+,54-/m1/s1. The Kier molecular flexibility index (Phi) is 13.3. The number of ether oxygens (including phenoxy) is 1. The maximum Gasteiger partial charge on any atom is 0.0612 e. The van der Waals surface area contributed by atoms with Crippen LogP contribution in [-0.2, 0) is 4.74 Å². The first-order valence-corrected chi connectivity index (χ1v) is 25.7. The highest BCUT2D eigenvalue weighted by Gasteiger charge is 2.59. The van der Waals surface area contributed by atoms with Crippen molar-refractivity contribution in [2.45, 2.75) is 123 Å². The minimum Gasteiger partial charge on any atom is -0.378 e. The molecular weight excluding hydrogens is 727 g/mol. The van der Waals surface area contributed by atoms with Gasteiger partial charge in [0.2, 0.25) is 0 Å². The first-order chi connectivity index (χ1) is 27.8. The third-order valence-electron chi connectivity index (χ3n) is 15.7. The summed E-state index contributed by atoms with van der Waals surface area (Å²) >= 11 is 0. The molecule has 8 atom stereocenters. The quantitative estimate of drug-likeness (QED) is 0.0860.